The Bertz CT molecular complexity index is 744. The van der Waals surface area contributed by atoms with Gasteiger partial charge >= 0.3 is 0 Å². The molecule has 1 aromatic carbocycles. The van der Waals surface area contributed by atoms with Crippen LogP contribution in [0.3, 0.4) is 0 Å². The topological polar surface area (TPSA) is 43.6 Å². The second kappa shape index (κ2) is 4.89. The first kappa shape index (κ1) is 12.5. The molecule has 0 bridgehead atoms. The van der Waals surface area contributed by atoms with Gasteiger partial charge in [-0.3, -0.25) is 0 Å². The molecule has 3 rings (SSSR count). The fraction of sp³-hybridized carbons (Fsp3) is 0.188. The molecule has 100 valence electrons. The first-order valence-corrected chi connectivity index (χ1v) is 6.57. The maximum Gasteiger partial charge on any atom is 0.250 e. The molecule has 0 unspecified atom stereocenters. The van der Waals surface area contributed by atoms with E-state index in [0.717, 1.165) is 28.1 Å². The molecule has 0 aliphatic rings. The highest BCUT2D eigenvalue weighted by molar-refractivity contribution is 5.65. The van der Waals surface area contributed by atoms with Gasteiger partial charge in [0.05, 0.1) is 11.9 Å². The van der Waals surface area contributed by atoms with E-state index in [9.17, 15) is 0 Å². The zero-order chi connectivity index (χ0) is 14.1. The van der Waals surface area contributed by atoms with Gasteiger partial charge in [0.25, 0.3) is 5.95 Å². The summed E-state index contributed by atoms with van der Waals surface area (Å²) in [7, 11) is 0. The van der Waals surface area contributed by atoms with Crippen molar-refractivity contribution in [1.82, 2.24) is 19.7 Å². The largest absolute Gasteiger partial charge is 0.250 e. The summed E-state index contributed by atoms with van der Waals surface area (Å²) in [5.74, 6) is 0.618. The monoisotopic (exact) mass is 264 g/mol. The molecule has 2 aromatic heterocycles. The highest BCUT2D eigenvalue weighted by Crippen LogP contribution is 2.23. The average molecular weight is 264 g/mol. The van der Waals surface area contributed by atoms with Crippen LogP contribution in [0, 0.1) is 20.8 Å². The number of rotatable bonds is 2. The molecular weight excluding hydrogens is 248 g/mol. The van der Waals surface area contributed by atoms with Crippen molar-refractivity contribution in [2.45, 2.75) is 20.8 Å². The molecule has 0 spiro atoms. The van der Waals surface area contributed by atoms with Crippen LogP contribution in [0.4, 0.5) is 0 Å². The van der Waals surface area contributed by atoms with E-state index in [0.29, 0.717) is 5.95 Å². The summed E-state index contributed by atoms with van der Waals surface area (Å²) in [5, 5.41) is 4.42. The van der Waals surface area contributed by atoms with Gasteiger partial charge < -0.3 is 0 Å². The predicted molar refractivity (Wildman–Crippen MR) is 78.8 cm³/mol. The Morgan fingerprint density at radius 1 is 0.950 bits per heavy atom. The van der Waals surface area contributed by atoms with Crippen LogP contribution < -0.4 is 0 Å². The van der Waals surface area contributed by atoms with Gasteiger partial charge in [0.1, 0.15) is 0 Å². The van der Waals surface area contributed by atoms with Crippen molar-refractivity contribution in [2.24, 2.45) is 0 Å². The SMILES string of the molecule is Cc1cnc(-n2ncc(-c3ccccc3)c2C)nc1C. The molecule has 4 heteroatoms. The van der Waals surface area contributed by atoms with Crippen molar-refractivity contribution >= 4 is 0 Å². The lowest BCUT2D eigenvalue weighted by Crippen LogP contribution is -2.06. The first-order chi connectivity index (χ1) is 9.66. The Labute approximate surface area is 118 Å². The van der Waals surface area contributed by atoms with E-state index in [4.69, 9.17) is 0 Å². The normalized spacial score (nSPS) is 10.8. The molecule has 0 aliphatic carbocycles. The zero-order valence-electron chi connectivity index (χ0n) is 11.8. The minimum Gasteiger partial charge on any atom is -0.219 e. The minimum absolute atomic E-state index is 0.618. The number of aryl methyl sites for hydroxylation is 2. The highest BCUT2D eigenvalue weighted by atomic mass is 15.3. The maximum absolute atomic E-state index is 4.50. The van der Waals surface area contributed by atoms with Crippen LogP contribution >= 0.6 is 0 Å². The summed E-state index contributed by atoms with van der Waals surface area (Å²) in [4.78, 5) is 8.87. The molecule has 3 aromatic rings. The fourth-order valence-corrected chi connectivity index (χ4v) is 2.13. The van der Waals surface area contributed by atoms with E-state index in [1.54, 1.807) is 4.68 Å². The van der Waals surface area contributed by atoms with Crippen LogP contribution in [0.25, 0.3) is 17.1 Å². The van der Waals surface area contributed by atoms with Crippen molar-refractivity contribution in [1.29, 1.82) is 0 Å². The summed E-state index contributed by atoms with van der Waals surface area (Å²) in [6.07, 6.45) is 3.70. The van der Waals surface area contributed by atoms with Gasteiger partial charge in [-0.25, -0.2) is 14.6 Å². The van der Waals surface area contributed by atoms with Crippen molar-refractivity contribution in [3.8, 4) is 17.1 Å². The van der Waals surface area contributed by atoms with Crippen molar-refractivity contribution < 1.29 is 0 Å². The lowest BCUT2D eigenvalue weighted by molar-refractivity contribution is 0.774. The minimum atomic E-state index is 0.618. The number of benzene rings is 1. The standard InChI is InChI=1S/C16H16N4/c1-11-9-17-16(19-12(11)2)20-13(3)15(10-18-20)14-7-5-4-6-8-14/h4-10H,1-3H3. The third kappa shape index (κ3) is 2.09. The Kier molecular flexibility index (Phi) is 3.06. The summed E-state index contributed by atoms with van der Waals surface area (Å²) in [6.45, 7) is 6.02. The molecule has 0 atom stereocenters. The van der Waals surface area contributed by atoms with Gasteiger partial charge in [0, 0.05) is 17.5 Å². The number of hydrogen-bond acceptors (Lipinski definition) is 3. The molecular formula is C16H16N4. The summed E-state index contributed by atoms with van der Waals surface area (Å²) in [6, 6.07) is 10.2. The maximum atomic E-state index is 4.50. The van der Waals surface area contributed by atoms with E-state index in [1.165, 1.54) is 0 Å². The Morgan fingerprint density at radius 2 is 1.70 bits per heavy atom. The van der Waals surface area contributed by atoms with Crippen LogP contribution in [0.1, 0.15) is 17.0 Å². The molecule has 0 amide bonds. The Hall–Kier alpha value is -2.49. The quantitative estimate of drug-likeness (QED) is 0.713. The van der Waals surface area contributed by atoms with Crippen molar-refractivity contribution in [3.63, 3.8) is 0 Å². The molecule has 0 radical (unpaired) electrons. The van der Waals surface area contributed by atoms with E-state index < -0.39 is 0 Å². The Balaban J connectivity index is 2.08. The van der Waals surface area contributed by atoms with Crippen molar-refractivity contribution in [2.75, 3.05) is 0 Å². The van der Waals surface area contributed by atoms with Crippen LogP contribution in [0.2, 0.25) is 0 Å². The van der Waals surface area contributed by atoms with Gasteiger partial charge in [0.2, 0.25) is 0 Å². The number of nitrogens with zero attached hydrogens (tertiary/aromatic N) is 4. The van der Waals surface area contributed by atoms with Gasteiger partial charge in [0.15, 0.2) is 0 Å². The molecule has 0 N–H and O–H groups in total. The first-order valence-electron chi connectivity index (χ1n) is 6.57. The third-order valence-corrected chi connectivity index (χ3v) is 3.50. The summed E-state index contributed by atoms with van der Waals surface area (Å²) >= 11 is 0. The molecule has 4 nitrogen and oxygen atoms in total. The number of aromatic nitrogens is 4. The molecule has 20 heavy (non-hydrogen) atoms. The second-order valence-electron chi connectivity index (χ2n) is 4.86. The molecule has 2 heterocycles. The van der Waals surface area contributed by atoms with Crippen LogP contribution in [-0.2, 0) is 0 Å². The second-order valence-corrected chi connectivity index (χ2v) is 4.86. The zero-order valence-corrected chi connectivity index (χ0v) is 11.8. The summed E-state index contributed by atoms with van der Waals surface area (Å²) < 4.78 is 1.79. The van der Waals surface area contributed by atoms with E-state index >= 15 is 0 Å². The Morgan fingerprint density at radius 3 is 2.40 bits per heavy atom. The van der Waals surface area contributed by atoms with Gasteiger partial charge in [-0.15, -0.1) is 0 Å². The van der Waals surface area contributed by atoms with Crippen LogP contribution in [0.5, 0.6) is 0 Å². The van der Waals surface area contributed by atoms with Crippen LogP contribution in [-0.4, -0.2) is 19.7 Å². The predicted octanol–water partition coefficient (Wildman–Crippen LogP) is 3.25. The van der Waals surface area contributed by atoms with Crippen LogP contribution in [0.15, 0.2) is 42.7 Å². The smallest absolute Gasteiger partial charge is 0.219 e. The fourth-order valence-electron chi connectivity index (χ4n) is 2.13. The summed E-state index contributed by atoms with van der Waals surface area (Å²) in [5.41, 5.74) is 5.36. The van der Waals surface area contributed by atoms with Gasteiger partial charge in [-0.1, -0.05) is 30.3 Å². The molecule has 0 fully saturated rings. The van der Waals surface area contributed by atoms with Gasteiger partial charge in [-0.2, -0.15) is 5.10 Å². The number of hydrogen-bond donors (Lipinski definition) is 0. The molecule has 0 saturated heterocycles. The average Bonchev–Trinajstić information content (AvgIpc) is 2.85. The lowest BCUT2D eigenvalue weighted by atomic mass is 10.1. The third-order valence-electron chi connectivity index (χ3n) is 3.50. The van der Waals surface area contributed by atoms with Crippen molar-refractivity contribution in [3.05, 3.63) is 59.7 Å². The van der Waals surface area contributed by atoms with E-state index in [2.05, 4.69) is 27.2 Å². The highest BCUT2D eigenvalue weighted by Gasteiger charge is 2.12. The lowest BCUT2D eigenvalue weighted by Gasteiger charge is -2.06. The van der Waals surface area contributed by atoms with Gasteiger partial charge in [-0.05, 0) is 31.9 Å². The van der Waals surface area contributed by atoms with E-state index in [1.807, 2.05) is 51.4 Å². The van der Waals surface area contributed by atoms with E-state index in [-0.39, 0.29) is 0 Å². The molecule has 0 aliphatic heterocycles. The molecule has 0 saturated carbocycles.